The first-order chi connectivity index (χ1) is 10.2. The van der Waals surface area contributed by atoms with E-state index in [2.05, 4.69) is 12.2 Å². The molecule has 1 N–H and O–H groups in total. The molecule has 2 rings (SSSR count). The van der Waals surface area contributed by atoms with Gasteiger partial charge in [0.1, 0.15) is 11.6 Å². The zero-order chi connectivity index (χ0) is 15.2. The molecule has 0 amide bonds. The number of benzene rings is 2. The molecule has 0 spiro atoms. The van der Waals surface area contributed by atoms with Crippen LogP contribution in [0.15, 0.2) is 36.4 Å². The van der Waals surface area contributed by atoms with Gasteiger partial charge in [-0.25, -0.2) is 4.39 Å². The second-order valence-corrected chi connectivity index (χ2v) is 4.69. The van der Waals surface area contributed by atoms with E-state index in [1.807, 2.05) is 18.2 Å². The summed E-state index contributed by atoms with van der Waals surface area (Å²) in [6.45, 7) is 2.48. The quantitative estimate of drug-likeness (QED) is 0.874. The molecular weight excluding hydrogens is 269 g/mol. The molecular formula is C17H20FNO2. The normalized spacial score (nSPS) is 10.5. The Morgan fingerprint density at radius 2 is 1.90 bits per heavy atom. The van der Waals surface area contributed by atoms with Crippen LogP contribution in [0.2, 0.25) is 0 Å². The van der Waals surface area contributed by atoms with Crippen LogP contribution in [0.1, 0.15) is 18.1 Å². The molecule has 0 atom stereocenters. The molecule has 0 fully saturated rings. The van der Waals surface area contributed by atoms with Gasteiger partial charge in [0.05, 0.1) is 7.11 Å². The predicted molar refractivity (Wildman–Crippen MR) is 81.6 cm³/mol. The van der Waals surface area contributed by atoms with E-state index in [0.29, 0.717) is 29.4 Å². The molecule has 2 aromatic rings. The number of rotatable bonds is 6. The van der Waals surface area contributed by atoms with Crippen molar-refractivity contribution < 1.29 is 13.9 Å². The summed E-state index contributed by atoms with van der Waals surface area (Å²) in [4.78, 5) is 0. The fraction of sp³-hybridized carbons (Fsp3) is 0.294. The molecule has 112 valence electrons. The Kier molecular flexibility index (Phi) is 5.17. The summed E-state index contributed by atoms with van der Waals surface area (Å²) in [5.74, 6) is 1.43. The molecule has 4 heteroatoms. The minimum atomic E-state index is -0.286. The Morgan fingerprint density at radius 3 is 2.57 bits per heavy atom. The summed E-state index contributed by atoms with van der Waals surface area (Å²) < 4.78 is 25.1. The third kappa shape index (κ3) is 3.52. The van der Waals surface area contributed by atoms with Crippen LogP contribution in [-0.2, 0) is 13.0 Å². The van der Waals surface area contributed by atoms with Crippen LogP contribution in [0, 0.1) is 5.82 Å². The van der Waals surface area contributed by atoms with Crippen molar-refractivity contribution in [3.8, 4) is 17.2 Å². The van der Waals surface area contributed by atoms with Crippen LogP contribution >= 0.6 is 0 Å². The molecule has 0 aliphatic carbocycles. The van der Waals surface area contributed by atoms with Crippen molar-refractivity contribution in [2.45, 2.75) is 19.9 Å². The average molecular weight is 289 g/mol. The Hall–Kier alpha value is -2.07. The highest BCUT2D eigenvalue weighted by Crippen LogP contribution is 2.34. The van der Waals surface area contributed by atoms with E-state index in [0.717, 1.165) is 12.0 Å². The van der Waals surface area contributed by atoms with E-state index in [1.165, 1.54) is 6.07 Å². The Labute approximate surface area is 124 Å². The fourth-order valence-corrected chi connectivity index (χ4v) is 2.12. The topological polar surface area (TPSA) is 30.5 Å². The van der Waals surface area contributed by atoms with Crippen molar-refractivity contribution in [1.29, 1.82) is 0 Å². The summed E-state index contributed by atoms with van der Waals surface area (Å²) in [6.07, 6.45) is 0.918. The molecule has 0 aromatic heterocycles. The molecule has 0 unspecified atom stereocenters. The van der Waals surface area contributed by atoms with Gasteiger partial charge in [0.2, 0.25) is 0 Å². The van der Waals surface area contributed by atoms with Crippen LogP contribution in [-0.4, -0.2) is 14.2 Å². The standard InChI is InChI=1S/C17H20FNO2/c1-4-12-8-9-16(17(10-12)20-3)21-15-7-5-6-14(18)13(15)11-19-2/h5-10,19H,4,11H2,1-3H3. The van der Waals surface area contributed by atoms with E-state index in [1.54, 1.807) is 26.3 Å². The molecule has 2 aromatic carbocycles. The molecule has 21 heavy (non-hydrogen) atoms. The number of ether oxygens (including phenoxy) is 2. The summed E-state index contributed by atoms with van der Waals surface area (Å²) >= 11 is 0. The molecule has 0 saturated heterocycles. The van der Waals surface area contributed by atoms with Crippen molar-refractivity contribution >= 4 is 0 Å². The maximum absolute atomic E-state index is 13.9. The SMILES string of the molecule is CCc1ccc(Oc2cccc(F)c2CNC)c(OC)c1. The molecule has 0 bridgehead atoms. The zero-order valence-corrected chi connectivity index (χ0v) is 12.6. The third-order valence-corrected chi connectivity index (χ3v) is 3.29. The minimum absolute atomic E-state index is 0.286. The van der Waals surface area contributed by atoms with E-state index < -0.39 is 0 Å². The van der Waals surface area contributed by atoms with Gasteiger partial charge in [0.25, 0.3) is 0 Å². The Morgan fingerprint density at radius 1 is 1.10 bits per heavy atom. The van der Waals surface area contributed by atoms with E-state index >= 15 is 0 Å². The molecule has 0 radical (unpaired) electrons. The number of methoxy groups -OCH3 is 1. The molecule has 0 saturated carbocycles. The zero-order valence-electron chi connectivity index (χ0n) is 12.6. The maximum atomic E-state index is 13.9. The fourth-order valence-electron chi connectivity index (χ4n) is 2.12. The van der Waals surface area contributed by atoms with Crippen molar-refractivity contribution in [3.63, 3.8) is 0 Å². The lowest BCUT2D eigenvalue weighted by atomic mass is 10.1. The highest BCUT2D eigenvalue weighted by molar-refractivity contribution is 5.47. The first kappa shape index (κ1) is 15.3. The lowest BCUT2D eigenvalue weighted by Crippen LogP contribution is -2.08. The number of aryl methyl sites for hydroxylation is 1. The predicted octanol–water partition coefficient (Wildman–Crippen LogP) is 3.91. The van der Waals surface area contributed by atoms with Gasteiger partial charge in [-0.05, 0) is 43.3 Å². The van der Waals surface area contributed by atoms with Gasteiger partial charge in [0, 0.05) is 12.1 Å². The van der Waals surface area contributed by atoms with Gasteiger partial charge in [-0.3, -0.25) is 0 Å². The van der Waals surface area contributed by atoms with E-state index in [9.17, 15) is 4.39 Å². The first-order valence-electron chi connectivity index (χ1n) is 6.96. The van der Waals surface area contributed by atoms with Crippen LogP contribution in [0.3, 0.4) is 0 Å². The molecule has 3 nitrogen and oxygen atoms in total. The van der Waals surface area contributed by atoms with Crippen LogP contribution < -0.4 is 14.8 Å². The van der Waals surface area contributed by atoms with E-state index in [-0.39, 0.29) is 5.82 Å². The molecule has 0 aliphatic heterocycles. The highest BCUT2D eigenvalue weighted by Gasteiger charge is 2.12. The highest BCUT2D eigenvalue weighted by atomic mass is 19.1. The van der Waals surface area contributed by atoms with Gasteiger partial charge in [-0.2, -0.15) is 0 Å². The van der Waals surface area contributed by atoms with Crippen molar-refractivity contribution in [1.82, 2.24) is 5.32 Å². The van der Waals surface area contributed by atoms with Crippen molar-refractivity contribution in [2.24, 2.45) is 0 Å². The molecule has 0 aliphatic rings. The van der Waals surface area contributed by atoms with Crippen molar-refractivity contribution in [2.75, 3.05) is 14.2 Å². The lowest BCUT2D eigenvalue weighted by molar-refractivity contribution is 0.375. The van der Waals surface area contributed by atoms with E-state index in [4.69, 9.17) is 9.47 Å². The van der Waals surface area contributed by atoms with Crippen LogP contribution in [0.4, 0.5) is 4.39 Å². The lowest BCUT2D eigenvalue weighted by Gasteiger charge is -2.14. The Balaban J connectivity index is 2.36. The summed E-state index contributed by atoms with van der Waals surface area (Å²) in [5, 5.41) is 2.95. The monoisotopic (exact) mass is 289 g/mol. The molecule has 0 heterocycles. The second-order valence-electron chi connectivity index (χ2n) is 4.69. The number of halogens is 1. The van der Waals surface area contributed by atoms with Gasteiger partial charge >= 0.3 is 0 Å². The van der Waals surface area contributed by atoms with Gasteiger partial charge in [0.15, 0.2) is 11.5 Å². The van der Waals surface area contributed by atoms with Gasteiger partial charge < -0.3 is 14.8 Å². The number of hydrogen-bond donors (Lipinski definition) is 1. The smallest absolute Gasteiger partial charge is 0.169 e. The number of hydrogen-bond acceptors (Lipinski definition) is 3. The van der Waals surface area contributed by atoms with Gasteiger partial charge in [-0.1, -0.05) is 19.1 Å². The largest absolute Gasteiger partial charge is 0.493 e. The maximum Gasteiger partial charge on any atom is 0.169 e. The minimum Gasteiger partial charge on any atom is -0.493 e. The summed E-state index contributed by atoms with van der Waals surface area (Å²) in [6, 6.07) is 10.6. The van der Waals surface area contributed by atoms with Crippen LogP contribution in [0.5, 0.6) is 17.2 Å². The summed E-state index contributed by atoms with van der Waals surface area (Å²) in [5.41, 5.74) is 1.66. The van der Waals surface area contributed by atoms with Gasteiger partial charge in [-0.15, -0.1) is 0 Å². The second kappa shape index (κ2) is 7.09. The number of nitrogens with one attached hydrogen (secondary N) is 1. The Bertz CT molecular complexity index is 614. The van der Waals surface area contributed by atoms with Crippen LogP contribution in [0.25, 0.3) is 0 Å². The van der Waals surface area contributed by atoms with Crippen molar-refractivity contribution in [3.05, 3.63) is 53.3 Å². The first-order valence-corrected chi connectivity index (χ1v) is 6.96. The third-order valence-electron chi connectivity index (χ3n) is 3.29. The average Bonchev–Trinajstić information content (AvgIpc) is 2.51. The summed E-state index contributed by atoms with van der Waals surface area (Å²) in [7, 11) is 3.37.